The lowest BCUT2D eigenvalue weighted by atomic mass is 9.98. The van der Waals surface area contributed by atoms with Gasteiger partial charge in [-0.25, -0.2) is 0 Å². The Bertz CT molecular complexity index is 235. The van der Waals surface area contributed by atoms with Gasteiger partial charge in [-0.3, -0.25) is 0 Å². The summed E-state index contributed by atoms with van der Waals surface area (Å²) >= 11 is 0. The number of unbranched alkanes of at least 4 members (excludes halogenated alkanes) is 3. The van der Waals surface area contributed by atoms with E-state index in [9.17, 15) is 9.90 Å². The predicted molar refractivity (Wildman–Crippen MR) is 90.0 cm³/mol. The SMILES string of the molecule is CC(C)(C)C(=O)[O-].CCCC[N+](C)(CCCC)CCCC. The molecular formula is C18H39NO2. The van der Waals surface area contributed by atoms with E-state index in [1.54, 1.807) is 20.8 Å². The van der Waals surface area contributed by atoms with Crippen LogP contribution in [-0.4, -0.2) is 37.1 Å². The van der Waals surface area contributed by atoms with Gasteiger partial charge in [-0.05, 0) is 19.3 Å². The summed E-state index contributed by atoms with van der Waals surface area (Å²) in [6, 6.07) is 0. The molecule has 3 nitrogen and oxygen atoms in total. The summed E-state index contributed by atoms with van der Waals surface area (Å²) in [5.41, 5.74) is -0.694. The fraction of sp³-hybridized carbons (Fsp3) is 0.944. The first kappa shape index (κ1) is 22.7. The van der Waals surface area contributed by atoms with Gasteiger partial charge < -0.3 is 14.4 Å². The van der Waals surface area contributed by atoms with Crippen molar-refractivity contribution in [2.24, 2.45) is 5.41 Å². The van der Waals surface area contributed by atoms with E-state index in [-0.39, 0.29) is 0 Å². The Morgan fingerprint density at radius 2 is 1.10 bits per heavy atom. The van der Waals surface area contributed by atoms with Crippen LogP contribution < -0.4 is 5.11 Å². The molecule has 0 aromatic heterocycles. The highest BCUT2D eigenvalue weighted by molar-refractivity contribution is 5.70. The number of carboxylic acids is 1. The molecule has 0 fully saturated rings. The smallest absolute Gasteiger partial charge is 0.0784 e. The average molecular weight is 302 g/mol. The van der Waals surface area contributed by atoms with Crippen LogP contribution in [0.1, 0.15) is 80.1 Å². The fourth-order valence-electron chi connectivity index (χ4n) is 1.95. The Morgan fingerprint density at radius 3 is 1.24 bits per heavy atom. The molecule has 0 aromatic rings. The van der Waals surface area contributed by atoms with Crippen molar-refractivity contribution >= 4 is 5.97 Å². The summed E-state index contributed by atoms with van der Waals surface area (Å²) in [4.78, 5) is 9.91. The zero-order valence-electron chi connectivity index (χ0n) is 15.6. The molecule has 0 unspecified atom stereocenters. The Balaban J connectivity index is 0. The molecule has 0 amide bonds. The highest BCUT2D eigenvalue weighted by atomic mass is 16.4. The van der Waals surface area contributed by atoms with Crippen LogP contribution in [-0.2, 0) is 4.79 Å². The van der Waals surface area contributed by atoms with Crippen molar-refractivity contribution in [1.29, 1.82) is 0 Å². The number of hydrogen-bond acceptors (Lipinski definition) is 2. The molecule has 0 saturated heterocycles. The quantitative estimate of drug-likeness (QED) is 0.610. The minimum atomic E-state index is -1.01. The Morgan fingerprint density at radius 1 is 0.857 bits per heavy atom. The molecule has 0 saturated carbocycles. The van der Waals surface area contributed by atoms with E-state index in [4.69, 9.17) is 0 Å². The Labute approximate surface area is 133 Å². The van der Waals surface area contributed by atoms with Crippen molar-refractivity contribution in [1.82, 2.24) is 0 Å². The monoisotopic (exact) mass is 301 g/mol. The van der Waals surface area contributed by atoms with Crippen molar-refractivity contribution in [2.45, 2.75) is 80.1 Å². The molecule has 0 aliphatic heterocycles. The van der Waals surface area contributed by atoms with Gasteiger partial charge in [0.1, 0.15) is 0 Å². The molecular weight excluding hydrogens is 262 g/mol. The largest absolute Gasteiger partial charge is 0.550 e. The molecule has 0 aromatic carbocycles. The Kier molecular flexibility index (Phi) is 13.0. The van der Waals surface area contributed by atoms with E-state index in [2.05, 4.69) is 27.8 Å². The van der Waals surface area contributed by atoms with E-state index in [0.717, 1.165) is 0 Å². The maximum atomic E-state index is 9.91. The maximum absolute atomic E-state index is 9.91. The van der Waals surface area contributed by atoms with E-state index in [1.165, 1.54) is 62.6 Å². The van der Waals surface area contributed by atoms with Crippen LogP contribution in [0.2, 0.25) is 0 Å². The second-order valence-electron chi connectivity index (χ2n) is 7.39. The lowest BCUT2D eigenvalue weighted by Gasteiger charge is -2.34. The zero-order chi connectivity index (χ0) is 16.9. The molecule has 3 heteroatoms. The van der Waals surface area contributed by atoms with Crippen LogP contribution in [0.15, 0.2) is 0 Å². The van der Waals surface area contributed by atoms with Gasteiger partial charge in [-0.2, -0.15) is 0 Å². The molecule has 0 heterocycles. The van der Waals surface area contributed by atoms with Crippen molar-refractivity contribution in [3.8, 4) is 0 Å². The topological polar surface area (TPSA) is 40.1 Å². The van der Waals surface area contributed by atoms with Crippen LogP contribution in [0.5, 0.6) is 0 Å². The van der Waals surface area contributed by atoms with E-state index < -0.39 is 11.4 Å². The highest BCUT2D eigenvalue weighted by Crippen LogP contribution is 2.11. The minimum Gasteiger partial charge on any atom is -0.550 e. The van der Waals surface area contributed by atoms with Crippen LogP contribution in [0, 0.1) is 5.41 Å². The third kappa shape index (κ3) is 14.1. The normalized spacial score (nSPS) is 11.8. The minimum absolute atomic E-state index is 0.694. The summed E-state index contributed by atoms with van der Waals surface area (Å²) in [5.74, 6) is -1.01. The number of carbonyl (C=O) groups excluding carboxylic acids is 1. The first-order chi connectivity index (χ1) is 9.63. The average Bonchev–Trinajstić information content (AvgIpc) is 2.40. The summed E-state index contributed by atoms with van der Waals surface area (Å²) in [6.07, 6.45) is 8.20. The number of carboxylic acid groups (broad SMARTS) is 1. The summed E-state index contributed by atoms with van der Waals surface area (Å²) < 4.78 is 1.32. The molecule has 0 atom stereocenters. The number of carbonyl (C=O) groups is 1. The maximum Gasteiger partial charge on any atom is 0.0784 e. The Hall–Kier alpha value is -0.570. The van der Waals surface area contributed by atoms with Crippen molar-refractivity contribution in [3.05, 3.63) is 0 Å². The van der Waals surface area contributed by atoms with E-state index >= 15 is 0 Å². The van der Waals surface area contributed by atoms with Gasteiger partial charge in [0.25, 0.3) is 0 Å². The number of hydrogen-bond donors (Lipinski definition) is 0. The second-order valence-corrected chi connectivity index (χ2v) is 7.39. The molecule has 0 bridgehead atoms. The van der Waals surface area contributed by atoms with Gasteiger partial charge in [0.05, 0.1) is 26.7 Å². The van der Waals surface area contributed by atoms with Gasteiger partial charge in [0.2, 0.25) is 0 Å². The van der Waals surface area contributed by atoms with E-state index in [0.29, 0.717) is 0 Å². The first-order valence-electron chi connectivity index (χ1n) is 8.68. The molecule has 0 radical (unpaired) electrons. The molecule has 21 heavy (non-hydrogen) atoms. The second kappa shape index (κ2) is 12.0. The molecule has 0 spiro atoms. The molecule has 0 aliphatic rings. The van der Waals surface area contributed by atoms with Gasteiger partial charge in [0, 0.05) is 11.4 Å². The molecule has 0 rings (SSSR count). The van der Waals surface area contributed by atoms with Gasteiger partial charge in [-0.1, -0.05) is 60.8 Å². The zero-order valence-corrected chi connectivity index (χ0v) is 15.6. The number of nitrogens with zero attached hydrogens (tertiary/aromatic N) is 1. The number of rotatable bonds is 9. The van der Waals surface area contributed by atoms with Crippen molar-refractivity contribution in [2.75, 3.05) is 26.7 Å². The van der Waals surface area contributed by atoms with Crippen LogP contribution in [0.4, 0.5) is 0 Å². The van der Waals surface area contributed by atoms with Gasteiger partial charge in [-0.15, -0.1) is 0 Å². The van der Waals surface area contributed by atoms with Gasteiger partial charge in [0.15, 0.2) is 0 Å². The molecule has 0 N–H and O–H groups in total. The predicted octanol–water partition coefficient (Wildman–Crippen LogP) is 3.62. The standard InChI is InChI=1S/C13H30N.C5H10O2/c1-5-8-11-14(4,12-9-6-2)13-10-7-3;1-5(2,3)4(6)7/h5-13H2,1-4H3;1-3H3,(H,6,7)/q+1;/p-1. The summed E-state index contributed by atoms with van der Waals surface area (Å²) in [5, 5.41) is 9.91. The number of quaternary nitrogens is 1. The molecule has 0 aliphatic carbocycles. The van der Waals surface area contributed by atoms with Crippen molar-refractivity contribution < 1.29 is 14.4 Å². The third-order valence-electron chi connectivity index (χ3n) is 3.77. The highest BCUT2D eigenvalue weighted by Gasteiger charge is 2.18. The van der Waals surface area contributed by atoms with Crippen LogP contribution in [0.3, 0.4) is 0 Å². The van der Waals surface area contributed by atoms with Crippen molar-refractivity contribution in [3.63, 3.8) is 0 Å². The fourth-order valence-corrected chi connectivity index (χ4v) is 1.95. The lowest BCUT2D eigenvalue weighted by molar-refractivity contribution is -0.910. The van der Waals surface area contributed by atoms with E-state index in [1.807, 2.05) is 0 Å². The third-order valence-corrected chi connectivity index (χ3v) is 3.77. The van der Waals surface area contributed by atoms with Gasteiger partial charge >= 0.3 is 0 Å². The number of aliphatic carboxylic acids is 1. The lowest BCUT2D eigenvalue weighted by Crippen LogP contribution is -2.46. The summed E-state index contributed by atoms with van der Waals surface area (Å²) in [7, 11) is 2.45. The summed E-state index contributed by atoms with van der Waals surface area (Å²) in [6.45, 7) is 15.8. The first-order valence-corrected chi connectivity index (χ1v) is 8.68. The van der Waals surface area contributed by atoms with Crippen LogP contribution >= 0.6 is 0 Å². The van der Waals surface area contributed by atoms with Crippen LogP contribution in [0.25, 0.3) is 0 Å². The molecule has 128 valence electrons.